The highest BCUT2D eigenvalue weighted by molar-refractivity contribution is 6.00. The zero-order chi connectivity index (χ0) is 25.0. The average molecular weight is 471 g/mol. The quantitative estimate of drug-likeness (QED) is 0.463. The molecule has 0 bridgehead atoms. The van der Waals surface area contributed by atoms with E-state index < -0.39 is 23.6 Å². The minimum Gasteiger partial charge on any atom is -0.496 e. The highest BCUT2D eigenvalue weighted by Gasteiger charge is 2.38. The first-order valence-corrected chi connectivity index (χ1v) is 10.9. The van der Waals surface area contributed by atoms with E-state index >= 15 is 0 Å². The lowest BCUT2D eigenvalue weighted by Gasteiger charge is -2.39. The second kappa shape index (κ2) is 9.98. The van der Waals surface area contributed by atoms with Gasteiger partial charge in [0.1, 0.15) is 11.8 Å². The Bertz CT molecular complexity index is 1120. The number of nitrogens with one attached hydrogen (secondary N) is 1. The smallest absolute Gasteiger partial charge is 0.408 e. The van der Waals surface area contributed by atoms with Gasteiger partial charge in [0.05, 0.1) is 30.8 Å². The number of nitrogens with zero attached hydrogens (tertiary/aromatic N) is 3. The number of carbonyl (C=O) groups excluding carboxylic acids is 1. The molecule has 0 aliphatic rings. The predicted octanol–water partition coefficient (Wildman–Crippen LogP) is 5.14. The van der Waals surface area contributed by atoms with Crippen molar-refractivity contribution >= 4 is 17.7 Å². The Morgan fingerprint density at radius 2 is 1.68 bits per heavy atom. The van der Waals surface area contributed by atoms with Gasteiger partial charge in [0, 0.05) is 17.2 Å². The summed E-state index contributed by atoms with van der Waals surface area (Å²) in [6, 6.07) is 2.47. The van der Waals surface area contributed by atoms with Crippen LogP contribution in [0.25, 0.3) is 22.6 Å². The van der Waals surface area contributed by atoms with E-state index in [0.717, 1.165) is 0 Å². The first-order chi connectivity index (χ1) is 16.0. The van der Waals surface area contributed by atoms with Crippen molar-refractivity contribution in [2.24, 2.45) is 5.92 Å². The zero-order valence-electron chi connectivity index (χ0n) is 20.2. The van der Waals surface area contributed by atoms with Crippen molar-refractivity contribution in [3.63, 3.8) is 0 Å². The maximum absolute atomic E-state index is 13.5. The fourth-order valence-electron chi connectivity index (χ4n) is 3.83. The van der Waals surface area contributed by atoms with Gasteiger partial charge >= 0.3 is 6.09 Å². The number of hydrogen-bond acceptors (Lipinski definition) is 7. The molecule has 182 valence electrons. The lowest BCUT2D eigenvalue weighted by molar-refractivity contribution is -0.123. The minimum atomic E-state index is -1.16. The first kappa shape index (κ1) is 24.8. The number of methoxy groups -OCH3 is 1. The molecule has 0 saturated heterocycles. The van der Waals surface area contributed by atoms with E-state index in [0.29, 0.717) is 40.5 Å². The normalized spacial score (nSPS) is 12.4. The van der Waals surface area contributed by atoms with Crippen LogP contribution in [0.5, 0.6) is 5.75 Å². The fraction of sp³-hybridized carbons (Fsp3) is 0.417. The predicted molar refractivity (Wildman–Crippen MR) is 125 cm³/mol. The maximum atomic E-state index is 13.5. The number of amides is 2. The third-order valence-corrected chi connectivity index (χ3v) is 5.23. The zero-order valence-corrected chi connectivity index (χ0v) is 20.2. The van der Waals surface area contributed by atoms with Crippen LogP contribution in [-0.4, -0.2) is 50.7 Å². The summed E-state index contributed by atoms with van der Waals surface area (Å²) in [5, 5.41) is 12.8. The monoisotopic (exact) mass is 470 g/mol. The number of oxazole rings is 2. The van der Waals surface area contributed by atoms with E-state index in [2.05, 4.69) is 15.3 Å². The topological polar surface area (TPSA) is 131 Å². The summed E-state index contributed by atoms with van der Waals surface area (Å²) in [5.41, 5.74) is 0.725. The van der Waals surface area contributed by atoms with Gasteiger partial charge in [-0.05, 0) is 39.2 Å². The SMILES string of the molecule is COc1cc(NC(=O)[C@@H](CC(C)C)N(C(=O)O)C(C)(C)C)c(-c2cnco2)cc1-c1cnco1. The van der Waals surface area contributed by atoms with E-state index in [4.69, 9.17) is 13.6 Å². The van der Waals surface area contributed by atoms with Crippen LogP contribution in [0.4, 0.5) is 10.5 Å². The fourth-order valence-corrected chi connectivity index (χ4v) is 3.83. The lowest BCUT2D eigenvalue weighted by atomic mass is 9.96. The Labute approximate surface area is 197 Å². The molecule has 0 unspecified atom stereocenters. The molecule has 3 rings (SSSR count). The molecule has 34 heavy (non-hydrogen) atoms. The van der Waals surface area contributed by atoms with Crippen LogP contribution in [0.2, 0.25) is 0 Å². The molecule has 0 spiro atoms. The molecular weight excluding hydrogens is 440 g/mol. The van der Waals surface area contributed by atoms with Gasteiger partial charge in [0.2, 0.25) is 5.91 Å². The number of rotatable bonds is 8. The van der Waals surface area contributed by atoms with Crippen LogP contribution in [0.1, 0.15) is 41.0 Å². The Hall–Kier alpha value is -3.82. The molecule has 0 radical (unpaired) electrons. The van der Waals surface area contributed by atoms with Crippen molar-refractivity contribution in [2.75, 3.05) is 12.4 Å². The molecule has 10 nitrogen and oxygen atoms in total. The summed E-state index contributed by atoms with van der Waals surface area (Å²) in [4.78, 5) is 34.8. The third kappa shape index (κ3) is 5.38. The Morgan fingerprint density at radius 1 is 1.09 bits per heavy atom. The van der Waals surface area contributed by atoms with E-state index in [1.54, 1.807) is 39.1 Å². The molecule has 1 atom stereocenters. The summed E-state index contributed by atoms with van der Waals surface area (Å²) in [6.45, 7) is 9.17. The molecule has 1 aromatic carbocycles. The average Bonchev–Trinajstić information content (AvgIpc) is 3.45. The van der Waals surface area contributed by atoms with Crippen molar-refractivity contribution in [2.45, 2.75) is 52.6 Å². The summed E-state index contributed by atoms with van der Waals surface area (Å²) >= 11 is 0. The van der Waals surface area contributed by atoms with Gasteiger partial charge in [-0.15, -0.1) is 0 Å². The Balaban J connectivity index is 2.09. The number of ether oxygens (including phenoxy) is 1. The van der Waals surface area contributed by atoms with Gasteiger partial charge in [0.25, 0.3) is 0 Å². The molecule has 2 aromatic heterocycles. The van der Waals surface area contributed by atoms with Crippen molar-refractivity contribution < 1.29 is 28.3 Å². The molecule has 3 aromatic rings. The number of aromatic nitrogens is 2. The van der Waals surface area contributed by atoms with Crippen LogP contribution in [0.15, 0.2) is 46.1 Å². The molecular formula is C24H30N4O6. The van der Waals surface area contributed by atoms with Gasteiger partial charge in [0.15, 0.2) is 24.3 Å². The minimum absolute atomic E-state index is 0.0806. The largest absolute Gasteiger partial charge is 0.496 e. The molecule has 0 aliphatic heterocycles. The lowest BCUT2D eigenvalue weighted by Crippen LogP contribution is -2.56. The summed E-state index contributed by atoms with van der Waals surface area (Å²) in [5.74, 6) is 0.933. The number of benzene rings is 1. The number of carboxylic acid groups (broad SMARTS) is 1. The summed E-state index contributed by atoms with van der Waals surface area (Å²) in [7, 11) is 1.50. The van der Waals surface area contributed by atoms with Gasteiger partial charge in [-0.3, -0.25) is 9.69 Å². The van der Waals surface area contributed by atoms with E-state index in [1.165, 1.54) is 31.0 Å². The number of carbonyl (C=O) groups is 2. The second-order valence-electron chi connectivity index (χ2n) is 9.29. The van der Waals surface area contributed by atoms with Crippen LogP contribution >= 0.6 is 0 Å². The molecule has 0 saturated carbocycles. The third-order valence-electron chi connectivity index (χ3n) is 5.23. The molecule has 0 aliphatic carbocycles. The van der Waals surface area contributed by atoms with Gasteiger partial charge in [-0.25, -0.2) is 14.8 Å². The Kier molecular flexibility index (Phi) is 7.29. The van der Waals surface area contributed by atoms with Crippen LogP contribution in [0, 0.1) is 5.92 Å². The van der Waals surface area contributed by atoms with Crippen LogP contribution in [-0.2, 0) is 4.79 Å². The molecule has 2 heterocycles. The Morgan fingerprint density at radius 3 is 2.12 bits per heavy atom. The highest BCUT2D eigenvalue weighted by atomic mass is 16.5. The molecule has 2 N–H and O–H groups in total. The number of hydrogen-bond donors (Lipinski definition) is 2. The summed E-state index contributed by atoms with van der Waals surface area (Å²) in [6.07, 6.45) is 4.84. The highest BCUT2D eigenvalue weighted by Crippen LogP contribution is 2.40. The first-order valence-electron chi connectivity index (χ1n) is 10.9. The van der Waals surface area contributed by atoms with Crippen molar-refractivity contribution in [3.05, 3.63) is 37.3 Å². The second-order valence-corrected chi connectivity index (χ2v) is 9.29. The van der Waals surface area contributed by atoms with Gasteiger partial charge in [-0.2, -0.15) is 0 Å². The maximum Gasteiger partial charge on any atom is 0.408 e. The molecule has 2 amide bonds. The molecule has 10 heteroatoms. The van der Waals surface area contributed by atoms with Crippen LogP contribution in [0.3, 0.4) is 0 Å². The van der Waals surface area contributed by atoms with E-state index in [-0.39, 0.29) is 5.92 Å². The standard InChI is InChI=1S/C24H30N4O6/c1-14(2)7-18(28(23(30)31)24(3,4)5)22(29)27-17-9-19(32-6)16(21-11-26-13-34-21)8-15(17)20-10-25-12-33-20/h8-14,18H,7H2,1-6H3,(H,27,29)(H,30,31)/t18-/m1/s1. The van der Waals surface area contributed by atoms with E-state index in [1.807, 2.05) is 13.8 Å². The van der Waals surface area contributed by atoms with Crippen molar-refractivity contribution in [1.29, 1.82) is 0 Å². The molecule has 0 fully saturated rings. The van der Waals surface area contributed by atoms with Crippen molar-refractivity contribution in [1.82, 2.24) is 14.9 Å². The van der Waals surface area contributed by atoms with Gasteiger partial charge in [-0.1, -0.05) is 13.8 Å². The summed E-state index contributed by atoms with van der Waals surface area (Å²) < 4.78 is 16.5. The number of anilines is 1. The van der Waals surface area contributed by atoms with Crippen molar-refractivity contribution in [3.8, 4) is 28.4 Å². The van der Waals surface area contributed by atoms with E-state index in [9.17, 15) is 14.7 Å². The van der Waals surface area contributed by atoms with Crippen LogP contribution < -0.4 is 10.1 Å². The van der Waals surface area contributed by atoms with Gasteiger partial charge < -0.3 is 24.0 Å².